The van der Waals surface area contributed by atoms with E-state index in [0.29, 0.717) is 25.4 Å². The van der Waals surface area contributed by atoms with Gasteiger partial charge < -0.3 is 10.6 Å². The molecule has 134 valence electrons. The van der Waals surface area contributed by atoms with Crippen molar-refractivity contribution in [2.75, 3.05) is 32.4 Å². The van der Waals surface area contributed by atoms with Crippen LogP contribution in [0.3, 0.4) is 0 Å². The van der Waals surface area contributed by atoms with Crippen molar-refractivity contribution in [1.82, 2.24) is 15.4 Å². The highest BCUT2D eigenvalue weighted by Gasteiger charge is 2.07. The van der Waals surface area contributed by atoms with Gasteiger partial charge in [0.05, 0.1) is 5.75 Å². The number of aliphatic imine (C=N–C) groups is 1. The van der Waals surface area contributed by atoms with E-state index in [0.717, 1.165) is 12.5 Å². The monoisotopic (exact) mass is 474 g/mol. The number of thiophene rings is 1. The van der Waals surface area contributed by atoms with E-state index in [1.165, 1.54) is 5.56 Å². The highest BCUT2D eigenvalue weighted by molar-refractivity contribution is 14.0. The van der Waals surface area contributed by atoms with Gasteiger partial charge in [0.25, 0.3) is 0 Å². The molecule has 0 aliphatic rings. The van der Waals surface area contributed by atoms with Crippen LogP contribution < -0.4 is 15.4 Å². The maximum absolute atomic E-state index is 11.3. The Labute approximate surface area is 160 Å². The molecule has 1 aromatic rings. The summed E-state index contributed by atoms with van der Waals surface area (Å²) in [7, 11) is -1.37. The Bertz CT molecular complexity index is 547. The molecule has 1 unspecified atom stereocenters. The summed E-state index contributed by atoms with van der Waals surface area (Å²) in [5, 5.41) is 10.7. The number of sulfonamides is 1. The third kappa shape index (κ3) is 9.48. The van der Waals surface area contributed by atoms with E-state index in [1.807, 2.05) is 0 Å². The molecule has 0 radical (unpaired) electrons. The van der Waals surface area contributed by atoms with Crippen molar-refractivity contribution >= 4 is 51.3 Å². The van der Waals surface area contributed by atoms with Crippen LogP contribution in [-0.2, 0) is 10.0 Å². The number of nitrogens with zero attached hydrogens (tertiary/aromatic N) is 1. The molecule has 6 nitrogen and oxygen atoms in total. The largest absolute Gasteiger partial charge is 0.356 e. The number of nitrogens with one attached hydrogen (secondary N) is 3. The number of hydrogen-bond acceptors (Lipinski definition) is 4. The normalized spacial score (nSPS) is 13.3. The average molecular weight is 474 g/mol. The molecule has 0 aliphatic carbocycles. The fraction of sp³-hybridized carbons (Fsp3) is 0.643. The molecule has 0 spiro atoms. The van der Waals surface area contributed by atoms with E-state index in [2.05, 4.69) is 44.1 Å². The molecule has 0 saturated carbocycles. The summed E-state index contributed by atoms with van der Waals surface area (Å²) >= 11 is 1.70. The molecule has 1 aromatic heterocycles. The van der Waals surface area contributed by atoms with E-state index >= 15 is 0 Å². The molecule has 9 heteroatoms. The summed E-state index contributed by atoms with van der Waals surface area (Å²) in [6.07, 6.45) is 0.708. The Morgan fingerprint density at radius 3 is 2.65 bits per heavy atom. The number of hydrogen-bond donors (Lipinski definition) is 3. The number of guanidine groups is 1. The van der Waals surface area contributed by atoms with E-state index in [4.69, 9.17) is 0 Å². The first-order valence-corrected chi connectivity index (χ1v) is 10.0. The minimum Gasteiger partial charge on any atom is -0.356 e. The second kappa shape index (κ2) is 12.0. The lowest BCUT2D eigenvalue weighted by Gasteiger charge is -2.15. The van der Waals surface area contributed by atoms with Crippen LogP contribution in [0.1, 0.15) is 31.7 Å². The van der Waals surface area contributed by atoms with Gasteiger partial charge in [-0.2, -0.15) is 11.3 Å². The standard InChI is InChI=1S/C14H26N4O2S2.HI/c1-4-22(19,20)18-8-5-7-16-14(15-3)17-10-12(2)13-6-9-21-11-13;/h6,9,11-12,18H,4-5,7-8,10H2,1-3H3,(H2,15,16,17);1H. The zero-order chi connectivity index (χ0) is 16.4. The van der Waals surface area contributed by atoms with Gasteiger partial charge in [0, 0.05) is 26.7 Å². The summed E-state index contributed by atoms with van der Waals surface area (Å²) in [6, 6.07) is 2.13. The van der Waals surface area contributed by atoms with Gasteiger partial charge in [0.15, 0.2) is 5.96 Å². The van der Waals surface area contributed by atoms with Crippen LogP contribution in [0.4, 0.5) is 0 Å². The lowest BCUT2D eigenvalue weighted by molar-refractivity contribution is 0.579. The van der Waals surface area contributed by atoms with Crippen molar-refractivity contribution in [3.05, 3.63) is 22.4 Å². The predicted octanol–water partition coefficient (Wildman–Crippen LogP) is 1.96. The second-order valence-corrected chi connectivity index (χ2v) is 7.86. The molecule has 3 N–H and O–H groups in total. The number of halogens is 1. The van der Waals surface area contributed by atoms with Crippen molar-refractivity contribution < 1.29 is 8.42 Å². The molecule has 0 amide bonds. The molecular weight excluding hydrogens is 447 g/mol. The molecule has 0 fully saturated rings. The Morgan fingerprint density at radius 2 is 2.09 bits per heavy atom. The zero-order valence-corrected chi connectivity index (χ0v) is 17.8. The van der Waals surface area contributed by atoms with E-state index < -0.39 is 10.0 Å². The molecule has 1 atom stereocenters. The van der Waals surface area contributed by atoms with Crippen LogP contribution in [0.15, 0.2) is 21.8 Å². The van der Waals surface area contributed by atoms with Crippen molar-refractivity contribution in [1.29, 1.82) is 0 Å². The minimum atomic E-state index is -3.09. The molecule has 1 heterocycles. The fourth-order valence-corrected chi connectivity index (χ4v) is 3.21. The first-order valence-electron chi connectivity index (χ1n) is 7.42. The Balaban J connectivity index is 0.00000484. The first kappa shape index (κ1) is 22.6. The topological polar surface area (TPSA) is 82.6 Å². The smallest absolute Gasteiger partial charge is 0.211 e. The quantitative estimate of drug-likeness (QED) is 0.221. The Morgan fingerprint density at radius 1 is 1.35 bits per heavy atom. The maximum atomic E-state index is 11.3. The fourth-order valence-electron chi connectivity index (χ4n) is 1.77. The second-order valence-electron chi connectivity index (χ2n) is 4.99. The van der Waals surface area contributed by atoms with E-state index in [9.17, 15) is 8.42 Å². The highest BCUT2D eigenvalue weighted by Crippen LogP contribution is 2.16. The van der Waals surface area contributed by atoms with Gasteiger partial charge >= 0.3 is 0 Å². The summed E-state index contributed by atoms with van der Waals surface area (Å²) in [5.41, 5.74) is 1.32. The molecule has 0 saturated heterocycles. The van der Waals surface area contributed by atoms with Crippen LogP contribution in [-0.4, -0.2) is 46.8 Å². The third-order valence-corrected chi connectivity index (χ3v) is 5.37. The molecular formula is C14H27IN4O2S2. The molecule has 23 heavy (non-hydrogen) atoms. The summed E-state index contributed by atoms with van der Waals surface area (Å²) in [4.78, 5) is 4.16. The molecule has 0 aromatic carbocycles. The minimum absolute atomic E-state index is 0. The summed E-state index contributed by atoms with van der Waals surface area (Å²) in [6.45, 7) is 5.70. The van der Waals surface area contributed by atoms with E-state index in [-0.39, 0.29) is 29.7 Å². The average Bonchev–Trinajstić information content (AvgIpc) is 3.04. The van der Waals surface area contributed by atoms with Crippen molar-refractivity contribution in [2.24, 2.45) is 4.99 Å². The summed E-state index contributed by atoms with van der Waals surface area (Å²) in [5.74, 6) is 1.27. The zero-order valence-electron chi connectivity index (χ0n) is 13.8. The van der Waals surface area contributed by atoms with Crippen LogP contribution in [0.25, 0.3) is 0 Å². The highest BCUT2D eigenvalue weighted by atomic mass is 127. The van der Waals surface area contributed by atoms with Crippen molar-refractivity contribution in [3.63, 3.8) is 0 Å². The summed E-state index contributed by atoms with van der Waals surface area (Å²) < 4.78 is 25.1. The van der Waals surface area contributed by atoms with E-state index in [1.54, 1.807) is 25.3 Å². The third-order valence-electron chi connectivity index (χ3n) is 3.26. The van der Waals surface area contributed by atoms with Crippen LogP contribution in [0.5, 0.6) is 0 Å². The van der Waals surface area contributed by atoms with Gasteiger partial charge in [-0.25, -0.2) is 13.1 Å². The SMILES string of the molecule is CCS(=O)(=O)NCCCNC(=NC)NCC(C)c1ccsc1.I. The lowest BCUT2D eigenvalue weighted by Crippen LogP contribution is -2.40. The van der Waals surface area contributed by atoms with Gasteiger partial charge in [-0.05, 0) is 41.7 Å². The molecule has 0 bridgehead atoms. The molecule has 1 rings (SSSR count). The van der Waals surface area contributed by atoms with Gasteiger partial charge in [-0.3, -0.25) is 4.99 Å². The Hall–Kier alpha value is -0.390. The van der Waals surface area contributed by atoms with Crippen LogP contribution >= 0.6 is 35.3 Å². The van der Waals surface area contributed by atoms with Gasteiger partial charge in [0.1, 0.15) is 0 Å². The van der Waals surface area contributed by atoms with Gasteiger partial charge in [-0.15, -0.1) is 24.0 Å². The van der Waals surface area contributed by atoms with Crippen LogP contribution in [0.2, 0.25) is 0 Å². The number of rotatable bonds is 9. The van der Waals surface area contributed by atoms with Gasteiger partial charge in [-0.1, -0.05) is 6.92 Å². The lowest BCUT2D eigenvalue weighted by atomic mass is 10.1. The predicted molar refractivity (Wildman–Crippen MR) is 110 cm³/mol. The van der Waals surface area contributed by atoms with Crippen molar-refractivity contribution in [2.45, 2.75) is 26.2 Å². The van der Waals surface area contributed by atoms with Gasteiger partial charge in [0.2, 0.25) is 10.0 Å². The Kier molecular flexibility index (Phi) is 11.8. The first-order chi connectivity index (χ1) is 10.5. The van der Waals surface area contributed by atoms with Crippen LogP contribution in [0, 0.1) is 0 Å². The molecule has 0 aliphatic heterocycles. The van der Waals surface area contributed by atoms with Crippen molar-refractivity contribution in [3.8, 4) is 0 Å². The maximum Gasteiger partial charge on any atom is 0.211 e.